The van der Waals surface area contributed by atoms with Crippen molar-refractivity contribution in [3.05, 3.63) is 29.6 Å². The molecule has 1 heterocycles. The van der Waals surface area contributed by atoms with E-state index in [-0.39, 0.29) is 23.1 Å². The number of hydrogen-bond donors (Lipinski definition) is 1. The fourth-order valence-electron chi connectivity index (χ4n) is 3.75. The van der Waals surface area contributed by atoms with Gasteiger partial charge in [-0.05, 0) is 25.0 Å². The quantitative estimate of drug-likeness (QED) is 0.902. The van der Waals surface area contributed by atoms with Crippen LogP contribution in [0.3, 0.4) is 0 Å². The Morgan fingerprint density at radius 1 is 1.45 bits per heavy atom. The zero-order valence-electron chi connectivity index (χ0n) is 11.9. The zero-order chi connectivity index (χ0) is 14.3. The van der Waals surface area contributed by atoms with E-state index in [1.165, 1.54) is 6.07 Å². The second kappa shape index (κ2) is 4.85. The number of rotatable bonds is 2. The van der Waals surface area contributed by atoms with E-state index in [1.807, 2.05) is 13.0 Å². The Balaban J connectivity index is 2.06. The Morgan fingerprint density at radius 3 is 2.80 bits per heavy atom. The third-order valence-corrected chi connectivity index (χ3v) is 4.88. The van der Waals surface area contributed by atoms with Crippen molar-refractivity contribution in [1.29, 1.82) is 0 Å². The first-order valence-electron chi connectivity index (χ1n) is 7.39. The summed E-state index contributed by atoms with van der Waals surface area (Å²) < 4.78 is 14.3. The lowest BCUT2D eigenvalue weighted by Crippen LogP contribution is -2.40. The van der Waals surface area contributed by atoms with Crippen LogP contribution in [0.5, 0.6) is 0 Å². The third-order valence-electron chi connectivity index (χ3n) is 4.88. The molecular formula is C16H21FN2O. The summed E-state index contributed by atoms with van der Waals surface area (Å²) in [7, 11) is 0. The number of anilines is 1. The molecule has 1 atom stereocenters. The fraction of sp³-hybridized carbons (Fsp3) is 0.562. The fourth-order valence-corrected chi connectivity index (χ4v) is 3.75. The van der Waals surface area contributed by atoms with Gasteiger partial charge in [0, 0.05) is 30.0 Å². The van der Waals surface area contributed by atoms with Crippen LogP contribution >= 0.6 is 0 Å². The molecule has 0 bridgehead atoms. The predicted molar refractivity (Wildman–Crippen MR) is 77.1 cm³/mol. The molecule has 1 saturated carbocycles. The van der Waals surface area contributed by atoms with E-state index in [2.05, 4.69) is 0 Å². The minimum atomic E-state index is -0.220. The average molecular weight is 276 g/mol. The number of nitrogens with two attached hydrogens (primary N) is 1. The molecule has 1 fully saturated rings. The minimum Gasteiger partial charge on any atom is -0.330 e. The van der Waals surface area contributed by atoms with Crippen LogP contribution in [0.1, 0.15) is 38.2 Å². The molecule has 1 aliphatic carbocycles. The summed E-state index contributed by atoms with van der Waals surface area (Å²) in [5.74, 6) is -0.370. The van der Waals surface area contributed by atoms with E-state index in [1.54, 1.807) is 11.0 Å². The van der Waals surface area contributed by atoms with Crippen molar-refractivity contribution in [2.75, 3.05) is 18.0 Å². The molecule has 3 rings (SSSR count). The molecule has 2 N–H and O–H groups in total. The first-order chi connectivity index (χ1) is 9.59. The molecule has 20 heavy (non-hydrogen) atoms. The second-order valence-electron chi connectivity index (χ2n) is 6.18. The molecule has 2 aliphatic rings. The van der Waals surface area contributed by atoms with Gasteiger partial charge in [0.1, 0.15) is 5.82 Å². The number of hydrogen-bond acceptors (Lipinski definition) is 2. The highest BCUT2D eigenvalue weighted by molar-refractivity contribution is 5.97. The van der Waals surface area contributed by atoms with Gasteiger partial charge in [-0.1, -0.05) is 25.8 Å². The van der Waals surface area contributed by atoms with Crippen LogP contribution in [0.15, 0.2) is 18.2 Å². The molecule has 0 saturated heterocycles. The molecule has 0 radical (unpaired) electrons. The smallest absolute Gasteiger partial charge is 0.231 e. The first-order valence-corrected chi connectivity index (χ1v) is 7.39. The standard InChI is InChI=1S/C16H21FN2O/c1-11(9-18)15(20)19-10-16(7-2-3-8-16)14-12(17)5-4-6-13(14)19/h4-6,11H,2-3,7-10,18H2,1H3. The van der Waals surface area contributed by atoms with Crippen LogP contribution in [0, 0.1) is 11.7 Å². The highest BCUT2D eigenvalue weighted by atomic mass is 19.1. The van der Waals surface area contributed by atoms with Crippen LogP contribution in [0.2, 0.25) is 0 Å². The van der Waals surface area contributed by atoms with E-state index in [0.29, 0.717) is 13.1 Å². The Morgan fingerprint density at radius 2 is 2.15 bits per heavy atom. The summed E-state index contributed by atoms with van der Waals surface area (Å²) in [4.78, 5) is 14.3. The van der Waals surface area contributed by atoms with Gasteiger partial charge in [-0.15, -0.1) is 0 Å². The highest BCUT2D eigenvalue weighted by Gasteiger charge is 2.48. The summed E-state index contributed by atoms with van der Waals surface area (Å²) >= 11 is 0. The van der Waals surface area contributed by atoms with Crippen molar-refractivity contribution in [3.63, 3.8) is 0 Å². The van der Waals surface area contributed by atoms with Crippen LogP contribution < -0.4 is 10.6 Å². The Kier molecular flexibility index (Phi) is 3.28. The van der Waals surface area contributed by atoms with E-state index >= 15 is 0 Å². The predicted octanol–water partition coefficient (Wildman–Crippen LogP) is 2.58. The molecule has 1 aromatic carbocycles. The van der Waals surface area contributed by atoms with Gasteiger partial charge >= 0.3 is 0 Å². The monoisotopic (exact) mass is 276 g/mol. The SMILES string of the molecule is CC(CN)C(=O)N1CC2(CCCC2)c2c(F)cccc21. The van der Waals surface area contributed by atoms with Crippen molar-refractivity contribution >= 4 is 11.6 Å². The number of halogens is 1. The topological polar surface area (TPSA) is 46.3 Å². The largest absolute Gasteiger partial charge is 0.330 e. The highest BCUT2D eigenvalue weighted by Crippen LogP contribution is 2.51. The van der Waals surface area contributed by atoms with E-state index in [9.17, 15) is 9.18 Å². The van der Waals surface area contributed by atoms with Gasteiger partial charge in [-0.3, -0.25) is 4.79 Å². The van der Waals surface area contributed by atoms with E-state index < -0.39 is 0 Å². The van der Waals surface area contributed by atoms with Crippen LogP contribution in [0.25, 0.3) is 0 Å². The normalized spacial score (nSPS) is 21.2. The molecular weight excluding hydrogens is 255 g/mol. The number of amides is 1. The summed E-state index contributed by atoms with van der Waals surface area (Å²) in [5, 5.41) is 0. The molecule has 4 heteroatoms. The average Bonchev–Trinajstić information content (AvgIpc) is 3.04. The lowest BCUT2D eigenvalue weighted by atomic mass is 9.80. The summed E-state index contributed by atoms with van der Waals surface area (Å²) in [6.45, 7) is 2.78. The van der Waals surface area contributed by atoms with Crippen molar-refractivity contribution < 1.29 is 9.18 Å². The summed E-state index contributed by atoms with van der Waals surface area (Å²) in [6, 6.07) is 5.07. The lowest BCUT2D eigenvalue weighted by Gasteiger charge is -2.26. The van der Waals surface area contributed by atoms with Crippen molar-refractivity contribution in [2.45, 2.75) is 38.0 Å². The Hall–Kier alpha value is -1.42. The molecule has 1 spiro atoms. The van der Waals surface area contributed by atoms with Gasteiger partial charge in [0.15, 0.2) is 0 Å². The van der Waals surface area contributed by atoms with Crippen LogP contribution in [-0.4, -0.2) is 19.0 Å². The number of benzene rings is 1. The van der Waals surface area contributed by atoms with Crippen LogP contribution in [0.4, 0.5) is 10.1 Å². The summed E-state index contributed by atoms with van der Waals surface area (Å²) in [6.07, 6.45) is 4.17. The zero-order valence-corrected chi connectivity index (χ0v) is 11.9. The van der Waals surface area contributed by atoms with E-state index in [4.69, 9.17) is 5.73 Å². The lowest BCUT2D eigenvalue weighted by molar-refractivity contribution is -0.121. The number of carbonyl (C=O) groups excluding carboxylic acids is 1. The van der Waals surface area contributed by atoms with Gasteiger partial charge in [-0.25, -0.2) is 4.39 Å². The van der Waals surface area contributed by atoms with E-state index in [0.717, 1.165) is 36.9 Å². The minimum absolute atomic E-state index is 0.0168. The maximum absolute atomic E-state index is 14.3. The van der Waals surface area contributed by atoms with Gasteiger partial charge in [0.2, 0.25) is 5.91 Å². The van der Waals surface area contributed by atoms with Gasteiger partial charge in [0.05, 0.1) is 5.69 Å². The molecule has 0 aromatic heterocycles. The third kappa shape index (κ3) is 1.85. The Bertz CT molecular complexity index is 537. The Labute approximate surface area is 118 Å². The van der Waals surface area contributed by atoms with Crippen LogP contribution in [-0.2, 0) is 10.2 Å². The maximum atomic E-state index is 14.3. The van der Waals surface area contributed by atoms with Crippen molar-refractivity contribution in [1.82, 2.24) is 0 Å². The molecule has 1 aromatic rings. The number of carbonyl (C=O) groups is 1. The second-order valence-corrected chi connectivity index (χ2v) is 6.18. The molecule has 1 unspecified atom stereocenters. The summed E-state index contributed by atoms with van der Waals surface area (Å²) in [5.41, 5.74) is 6.97. The first kappa shape index (κ1) is 13.6. The van der Waals surface area contributed by atoms with Gasteiger partial charge in [0.25, 0.3) is 0 Å². The van der Waals surface area contributed by atoms with Crippen molar-refractivity contribution in [2.24, 2.45) is 11.7 Å². The molecule has 1 amide bonds. The molecule has 108 valence electrons. The molecule has 3 nitrogen and oxygen atoms in total. The maximum Gasteiger partial charge on any atom is 0.231 e. The number of nitrogens with zero attached hydrogens (tertiary/aromatic N) is 1. The van der Waals surface area contributed by atoms with Crippen molar-refractivity contribution in [3.8, 4) is 0 Å². The number of fused-ring (bicyclic) bond motifs is 2. The molecule has 1 aliphatic heterocycles. The van der Waals surface area contributed by atoms with Gasteiger partial charge in [-0.2, -0.15) is 0 Å². The van der Waals surface area contributed by atoms with Gasteiger partial charge < -0.3 is 10.6 Å².